The molecule has 0 aliphatic heterocycles. The second-order valence-corrected chi connectivity index (χ2v) is 3.16. The van der Waals surface area contributed by atoms with Crippen molar-refractivity contribution in [2.75, 3.05) is 0 Å². The van der Waals surface area contributed by atoms with Crippen LogP contribution in [-0.2, 0) is 5.11 Å². The van der Waals surface area contributed by atoms with Gasteiger partial charge in [0.15, 0.2) is 5.75 Å². The number of para-hydroxylation sites is 2. The van der Waals surface area contributed by atoms with Crippen LogP contribution in [0.5, 0.6) is 17.2 Å². The lowest BCUT2D eigenvalue weighted by Crippen LogP contribution is -1.87. The van der Waals surface area contributed by atoms with E-state index >= 15 is 0 Å². The van der Waals surface area contributed by atoms with Crippen LogP contribution in [0.1, 0.15) is 5.56 Å². The van der Waals surface area contributed by atoms with Crippen LogP contribution in [0.3, 0.4) is 0 Å². The summed E-state index contributed by atoms with van der Waals surface area (Å²) in [5, 5.41) is 20.4. The largest absolute Gasteiger partial charge is 0.452 e. The van der Waals surface area contributed by atoms with Crippen molar-refractivity contribution in [1.29, 1.82) is 5.26 Å². The molecule has 0 aliphatic rings. The first kappa shape index (κ1) is 10.1. The molecule has 0 unspecified atom stereocenters. The minimum Gasteiger partial charge on any atom is -0.452 e. The fourth-order valence-corrected chi connectivity index (χ4v) is 1.32. The van der Waals surface area contributed by atoms with E-state index < -0.39 is 0 Å². The van der Waals surface area contributed by atoms with Gasteiger partial charge in [0, 0.05) is 0 Å². The Bertz CT molecular complexity index is 529. The molecule has 0 amide bonds. The quantitative estimate of drug-likeness (QED) is 0.761. The van der Waals surface area contributed by atoms with Crippen LogP contribution in [0.15, 0.2) is 48.5 Å². The van der Waals surface area contributed by atoms with Gasteiger partial charge in [-0.05, 0) is 24.3 Å². The Morgan fingerprint density at radius 3 is 2.44 bits per heavy atom. The summed E-state index contributed by atoms with van der Waals surface area (Å²) < 4.78 is 5.40. The number of hydrogen-bond acceptors (Lipinski definition) is 2. The van der Waals surface area contributed by atoms with Gasteiger partial charge in [0.25, 0.3) is 0 Å². The van der Waals surface area contributed by atoms with E-state index in [4.69, 9.17) is 10.00 Å². The molecule has 0 aromatic heterocycles. The molecule has 0 fully saturated rings. The van der Waals surface area contributed by atoms with Crippen LogP contribution in [-0.4, -0.2) is 0 Å². The summed E-state index contributed by atoms with van der Waals surface area (Å²) >= 11 is 0. The number of rotatable bonds is 2. The Balaban J connectivity index is 2.39. The molecule has 3 heteroatoms. The van der Waals surface area contributed by atoms with Crippen LogP contribution in [0.25, 0.3) is 0 Å². The molecule has 0 N–H and O–H groups in total. The van der Waals surface area contributed by atoms with Crippen molar-refractivity contribution < 1.29 is 9.84 Å². The molecule has 2 rings (SSSR count). The third kappa shape index (κ3) is 1.96. The van der Waals surface area contributed by atoms with E-state index in [1.54, 1.807) is 36.4 Å². The van der Waals surface area contributed by atoms with Gasteiger partial charge in [-0.15, -0.1) is 0 Å². The summed E-state index contributed by atoms with van der Waals surface area (Å²) in [4.78, 5) is 0. The van der Waals surface area contributed by atoms with Crippen molar-refractivity contribution in [1.82, 2.24) is 0 Å². The highest BCUT2D eigenvalue weighted by Crippen LogP contribution is 2.33. The zero-order valence-electron chi connectivity index (χ0n) is 8.38. The molecule has 0 saturated carbocycles. The average molecular weight is 210 g/mol. The third-order valence-corrected chi connectivity index (χ3v) is 2.06. The number of nitriles is 1. The van der Waals surface area contributed by atoms with Crippen molar-refractivity contribution in [3.05, 3.63) is 54.1 Å². The number of benzene rings is 2. The van der Waals surface area contributed by atoms with Crippen molar-refractivity contribution >= 4 is 0 Å². The van der Waals surface area contributed by atoms with Gasteiger partial charge in [-0.2, -0.15) is 5.26 Å². The maximum absolute atomic E-state index is 11.5. The smallest absolute Gasteiger partial charge is 0.222 e. The average Bonchev–Trinajstić information content (AvgIpc) is 2.33. The van der Waals surface area contributed by atoms with E-state index in [2.05, 4.69) is 0 Å². The molecule has 0 aliphatic carbocycles. The first-order valence-corrected chi connectivity index (χ1v) is 4.74. The van der Waals surface area contributed by atoms with Gasteiger partial charge in [0.1, 0.15) is 11.8 Å². The summed E-state index contributed by atoms with van der Waals surface area (Å²) in [5.74, 6) is 0.335. The molecule has 77 valence electrons. The van der Waals surface area contributed by atoms with Gasteiger partial charge in [0.2, 0.25) is 5.75 Å². The highest BCUT2D eigenvalue weighted by Gasteiger charge is 2.11. The SMILES string of the molecule is N#Cc1cccc([O])c1Oc1ccccc1. The fourth-order valence-electron chi connectivity index (χ4n) is 1.32. The van der Waals surface area contributed by atoms with E-state index in [0.717, 1.165) is 0 Å². The lowest BCUT2D eigenvalue weighted by atomic mass is 10.2. The molecule has 0 heterocycles. The molecule has 0 atom stereocenters. The Morgan fingerprint density at radius 2 is 1.75 bits per heavy atom. The molecular weight excluding hydrogens is 202 g/mol. The predicted octanol–water partition coefficient (Wildman–Crippen LogP) is 3.49. The molecule has 2 aromatic rings. The number of ether oxygens (including phenoxy) is 1. The Hall–Kier alpha value is -2.47. The maximum Gasteiger partial charge on any atom is 0.222 e. The fraction of sp³-hybridized carbons (Fsp3) is 0. The zero-order chi connectivity index (χ0) is 11.4. The predicted molar refractivity (Wildman–Crippen MR) is 57.8 cm³/mol. The first-order chi connectivity index (χ1) is 7.81. The lowest BCUT2D eigenvalue weighted by Gasteiger charge is -2.07. The molecular formula is C13H8NO2. The molecule has 0 saturated heterocycles. The van der Waals surface area contributed by atoms with Crippen LogP contribution in [0, 0.1) is 11.3 Å². The highest BCUT2D eigenvalue weighted by atomic mass is 16.5. The van der Waals surface area contributed by atoms with Crippen LogP contribution in [0.4, 0.5) is 0 Å². The van der Waals surface area contributed by atoms with E-state index in [1.807, 2.05) is 12.1 Å². The van der Waals surface area contributed by atoms with Gasteiger partial charge in [-0.1, -0.05) is 24.3 Å². The minimum atomic E-state index is -0.289. The van der Waals surface area contributed by atoms with Gasteiger partial charge in [0.05, 0.1) is 5.56 Å². The highest BCUT2D eigenvalue weighted by molar-refractivity contribution is 5.53. The van der Waals surface area contributed by atoms with Crippen LogP contribution in [0.2, 0.25) is 0 Å². The van der Waals surface area contributed by atoms with Crippen molar-refractivity contribution in [3.63, 3.8) is 0 Å². The minimum absolute atomic E-state index is 0.0798. The normalized spacial score (nSPS) is 9.44. The second-order valence-electron chi connectivity index (χ2n) is 3.16. The summed E-state index contributed by atoms with van der Waals surface area (Å²) in [7, 11) is 0. The zero-order valence-corrected chi connectivity index (χ0v) is 8.38. The maximum atomic E-state index is 11.5. The number of hydrogen-bond donors (Lipinski definition) is 0. The van der Waals surface area contributed by atoms with Crippen molar-refractivity contribution in [3.8, 4) is 23.3 Å². The molecule has 1 radical (unpaired) electrons. The van der Waals surface area contributed by atoms with Crippen molar-refractivity contribution in [2.45, 2.75) is 0 Å². The summed E-state index contributed by atoms with van der Waals surface area (Å²) in [6.45, 7) is 0. The van der Waals surface area contributed by atoms with E-state index in [-0.39, 0.29) is 17.1 Å². The topological polar surface area (TPSA) is 52.9 Å². The van der Waals surface area contributed by atoms with E-state index in [9.17, 15) is 5.11 Å². The van der Waals surface area contributed by atoms with Crippen molar-refractivity contribution in [2.24, 2.45) is 0 Å². The monoisotopic (exact) mass is 210 g/mol. The van der Waals surface area contributed by atoms with Crippen LogP contribution >= 0.6 is 0 Å². The Morgan fingerprint density at radius 1 is 1.00 bits per heavy atom. The van der Waals surface area contributed by atoms with Gasteiger partial charge < -0.3 is 4.74 Å². The second kappa shape index (κ2) is 4.37. The van der Waals surface area contributed by atoms with Gasteiger partial charge in [-0.25, -0.2) is 0 Å². The van der Waals surface area contributed by atoms with E-state index in [0.29, 0.717) is 5.75 Å². The van der Waals surface area contributed by atoms with Gasteiger partial charge >= 0.3 is 0 Å². The summed E-state index contributed by atoms with van der Waals surface area (Å²) in [5.41, 5.74) is 0.247. The summed E-state index contributed by atoms with van der Waals surface area (Å²) in [6, 6.07) is 15.3. The molecule has 0 bridgehead atoms. The summed E-state index contributed by atoms with van der Waals surface area (Å²) in [6.07, 6.45) is 0. The third-order valence-electron chi connectivity index (χ3n) is 2.06. The van der Waals surface area contributed by atoms with Gasteiger partial charge in [-0.3, -0.25) is 5.11 Å². The lowest BCUT2D eigenvalue weighted by molar-refractivity contribution is 0.328. The van der Waals surface area contributed by atoms with E-state index in [1.165, 1.54) is 6.07 Å². The Labute approximate surface area is 93.2 Å². The standard InChI is InChI=1S/C13H8NO2/c14-9-10-5-4-8-12(15)13(10)16-11-6-2-1-3-7-11/h1-8H. The molecule has 0 spiro atoms. The van der Waals surface area contributed by atoms with Crippen LogP contribution < -0.4 is 4.74 Å². The molecule has 3 nitrogen and oxygen atoms in total. The molecule has 2 aromatic carbocycles. The number of nitrogens with zero attached hydrogens (tertiary/aromatic N) is 1. The first-order valence-electron chi connectivity index (χ1n) is 4.74. The Kier molecular flexibility index (Phi) is 2.75. The molecule has 16 heavy (non-hydrogen) atoms.